The van der Waals surface area contributed by atoms with Crippen molar-refractivity contribution in [3.8, 4) is 5.75 Å². The van der Waals surface area contributed by atoms with E-state index in [1.807, 2.05) is 23.1 Å². The summed E-state index contributed by atoms with van der Waals surface area (Å²) in [6, 6.07) is 16.5. The molecule has 2 aliphatic heterocycles. The topological polar surface area (TPSA) is 36.0 Å². The SMILES string of the molecule is COc1ccccc1N1CCN([C@H](C)C(=O)N2CCc3ccccc3C2)CC1. The molecular formula is C23H29N3O2. The van der Waals surface area contributed by atoms with Crippen molar-refractivity contribution in [2.24, 2.45) is 0 Å². The van der Waals surface area contributed by atoms with Gasteiger partial charge in [-0.3, -0.25) is 9.69 Å². The van der Waals surface area contributed by atoms with Crippen molar-refractivity contribution in [2.75, 3.05) is 44.7 Å². The molecule has 28 heavy (non-hydrogen) atoms. The Morgan fingerprint density at radius 3 is 2.36 bits per heavy atom. The largest absolute Gasteiger partial charge is 0.495 e. The van der Waals surface area contributed by atoms with Gasteiger partial charge in [0.2, 0.25) is 5.91 Å². The van der Waals surface area contributed by atoms with E-state index in [4.69, 9.17) is 4.74 Å². The fourth-order valence-corrected chi connectivity index (χ4v) is 4.35. The maximum atomic E-state index is 13.1. The van der Waals surface area contributed by atoms with Crippen LogP contribution in [0.5, 0.6) is 5.75 Å². The van der Waals surface area contributed by atoms with E-state index >= 15 is 0 Å². The van der Waals surface area contributed by atoms with E-state index in [9.17, 15) is 4.79 Å². The van der Waals surface area contributed by atoms with Crippen molar-refractivity contribution in [3.63, 3.8) is 0 Å². The Hall–Kier alpha value is -2.53. The van der Waals surface area contributed by atoms with Crippen molar-refractivity contribution in [1.29, 1.82) is 0 Å². The number of para-hydroxylation sites is 2. The van der Waals surface area contributed by atoms with Gasteiger partial charge in [0, 0.05) is 39.3 Å². The average molecular weight is 380 g/mol. The van der Waals surface area contributed by atoms with E-state index in [2.05, 4.69) is 47.1 Å². The molecule has 1 saturated heterocycles. The highest BCUT2D eigenvalue weighted by Gasteiger charge is 2.30. The molecule has 1 atom stereocenters. The molecule has 1 fully saturated rings. The lowest BCUT2D eigenvalue weighted by Crippen LogP contribution is -2.55. The predicted molar refractivity (Wildman–Crippen MR) is 112 cm³/mol. The summed E-state index contributed by atoms with van der Waals surface area (Å²) in [5.74, 6) is 1.16. The second-order valence-corrected chi connectivity index (χ2v) is 7.65. The van der Waals surface area contributed by atoms with Crippen LogP contribution in [0.25, 0.3) is 0 Å². The normalized spacial score (nSPS) is 18.5. The molecular weight excluding hydrogens is 350 g/mol. The number of piperazine rings is 1. The Bertz CT molecular complexity index is 830. The summed E-state index contributed by atoms with van der Waals surface area (Å²) in [6.45, 7) is 7.19. The van der Waals surface area contributed by atoms with Gasteiger partial charge in [-0.25, -0.2) is 0 Å². The second kappa shape index (κ2) is 8.23. The van der Waals surface area contributed by atoms with Crippen molar-refractivity contribution >= 4 is 11.6 Å². The molecule has 4 rings (SSSR count). The van der Waals surface area contributed by atoms with Crippen LogP contribution in [-0.4, -0.2) is 61.6 Å². The van der Waals surface area contributed by atoms with E-state index in [0.717, 1.165) is 57.1 Å². The summed E-state index contributed by atoms with van der Waals surface area (Å²) in [5, 5.41) is 0. The molecule has 0 unspecified atom stereocenters. The van der Waals surface area contributed by atoms with Gasteiger partial charge < -0.3 is 14.5 Å². The molecule has 5 heteroatoms. The number of benzene rings is 2. The van der Waals surface area contributed by atoms with Crippen LogP contribution in [0.1, 0.15) is 18.1 Å². The lowest BCUT2D eigenvalue weighted by Gasteiger charge is -2.40. The highest BCUT2D eigenvalue weighted by molar-refractivity contribution is 5.81. The number of anilines is 1. The van der Waals surface area contributed by atoms with Crippen LogP contribution >= 0.6 is 0 Å². The monoisotopic (exact) mass is 379 g/mol. The first-order chi connectivity index (χ1) is 13.7. The van der Waals surface area contributed by atoms with Crippen LogP contribution in [0.15, 0.2) is 48.5 Å². The molecule has 0 aliphatic carbocycles. The van der Waals surface area contributed by atoms with Gasteiger partial charge in [-0.15, -0.1) is 0 Å². The van der Waals surface area contributed by atoms with Gasteiger partial charge in [-0.1, -0.05) is 36.4 Å². The first-order valence-electron chi connectivity index (χ1n) is 10.1. The number of nitrogens with zero attached hydrogens (tertiary/aromatic N) is 3. The Balaban J connectivity index is 1.36. The van der Waals surface area contributed by atoms with E-state index in [1.54, 1.807) is 7.11 Å². The first kappa shape index (κ1) is 18.8. The summed E-state index contributed by atoms with van der Waals surface area (Å²) in [6.07, 6.45) is 0.955. The number of amides is 1. The molecule has 0 radical (unpaired) electrons. The summed E-state index contributed by atoms with van der Waals surface area (Å²) in [5.41, 5.74) is 3.80. The number of hydrogen-bond donors (Lipinski definition) is 0. The Kier molecular flexibility index (Phi) is 5.53. The molecule has 5 nitrogen and oxygen atoms in total. The lowest BCUT2D eigenvalue weighted by molar-refractivity contribution is -0.137. The summed E-state index contributed by atoms with van der Waals surface area (Å²) in [4.78, 5) is 19.8. The molecule has 0 aromatic heterocycles. The predicted octanol–water partition coefficient (Wildman–Crippen LogP) is 2.79. The van der Waals surface area contributed by atoms with E-state index in [-0.39, 0.29) is 11.9 Å². The number of carbonyl (C=O) groups is 1. The Morgan fingerprint density at radius 2 is 1.61 bits per heavy atom. The van der Waals surface area contributed by atoms with E-state index < -0.39 is 0 Å². The molecule has 2 heterocycles. The zero-order valence-electron chi connectivity index (χ0n) is 16.8. The van der Waals surface area contributed by atoms with Crippen LogP contribution < -0.4 is 9.64 Å². The number of rotatable bonds is 4. The van der Waals surface area contributed by atoms with Crippen LogP contribution in [0.4, 0.5) is 5.69 Å². The van der Waals surface area contributed by atoms with Crippen LogP contribution in [-0.2, 0) is 17.8 Å². The fourth-order valence-electron chi connectivity index (χ4n) is 4.35. The quantitative estimate of drug-likeness (QED) is 0.819. The van der Waals surface area contributed by atoms with Gasteiger partial charge in [0.25, 0.3) is 0 Å². The Labute approximate surface area is 167 Å². The third-order valence-electron chi connectivity index (χ3n) is 6.09. The molecule has 2 aliphatic rings. The standard InChI is InChI=1S/C23H29N3O2/c1-18(23(27)26-12-11-19-7-3-4-8-20(19)17-26)24-13-15-25(16-14-24)21-9-5-6-10-22(21)28-2/h3-10,18H,11-17H2,1-2H3/t18-/m1/s1. The van der Waals surface area contributed by atoms with Gasteiger partial charge in [0.15, 0.2) is 0 Å². The van der Waals surface area contributed by atoms with Gasteiger partial charge >= 0.3 is 0 Å². The zero-order valence-corrected chi connectivity index (χ0v) is 16.8. The summed E-state index contributed by atoms with van der Waals surface area (Å²) in [7, 11) is 1.71. The lowest BCUT2D eigenvalue weighted by atomic mass is 9.99. The number of methoxy groups -OCH3 is 1. The summed E-state index contributed by atoms with van der Waals surface area (Å²) < 4.78 is 5.50. The average Bonchev–Trinajstić information content (AvgIpc) is 2.77. The molecule has 0 saturated carbocycles. The van der Waals surface area contributed by atoms with Gasteiger partial charge in [0.05, 0.1) is 18.8 Å². The van der Waals surface area contributed by atoms with Gasteiger partial charge in [0.1, 0.15) is 5.75 Å². The van der Waals surface area contributed by atoms with Crippen molar-refractivity contribution in [2.45, 2.75) is 25.9 Å². The number of ether oxygens (including phenoxy) is 1. The minimum absolute atomic E-state index is 0.0786. The third kappa shape index (κ3) is 3.72. The highest BCUT2D eigenvalue weighted by atomic mass is 16.5. The fraction of sp³-hybridized carbons (Fsp3) is 0.435. The van der Waals surface area contributed by atoms with E-state index in [1.165, 1.54) is 11.1 Å². The number of fused-ring (bicyclic) bond motifs is 1. The Morgan fingerprint density at radius 1 is 0.929 bits per heavy atom. The maximum absolute atomic E-state index is 13.1. The van der Waals surface area contributed by atoms with Crippen LogP contribution in [0.2, 0.25) is 0 Å². The molecule has 2 aromatic carbocycles. The van der Waals surface area contributed by atoms with Crippen molar-refractivity contribution in [1.82, 2.24) is 9.80 Å². The van der Waals surface area contributed by atoms with Crippen LogP contribution in [0, 0.1) is 0 Å². The van der Waals surface area contributed by atoms with E-state index in [0.29, 0.717) is 0 Å². The smallest absolute Gasteiger partial charge is 0.239 e. The van der Waals surface area contributed by atoms with Crippen molar-refractivity contribution < 1.29 is 9.53 Å². The second-order valence-electron chi connectivity index (χ2n) is 7.65. The zero-order chi connectivity index (χ0) is 19.5. The maximum Gasteiger partial charge on any atom is 0.239 e. The number of carbonyl (C=O) groups excluding carboxylic acids is 1. The van der Waals surface area contributed by atoms with Crippen LogP contribution in [0.3, 0.4) is 0 Å². The molecule has 148 valence electrons. The minimum atomic E-state index is -0.0786. The highest BCUT2D eigenvalue weighted by Crippen LogP contribution is 2.29. The molecule has 0 spiro atoms. The molecule has 1 amide bonds. The minimum Gasteiger partial charge on any atom is -0.495 e. The third-order valence-corrected chi connectivity index (χ3v) is 6.09. The van der Waals surface area contributed by atoms with Gasteiger partial charge in [-0.05, 0) is 36.6 Å². The number of hydrogen-bond acceptors (Lipinski definition) is 4. The summed E-state index contributed by atoms with van der Waals surface area (Å²) >= 11 is 0. The molecule has 2 aromatic rings. The van der Waals surface area contributed by atoms with Crippen molar-refractivity contribution in [3.05, 3.63) is 59.7 Å². The molecule has 0 N–H and O–H groups in total. The van der Waals surface area contributed by atoms with Gasteiger partial charge in [-0.2, -0.15) is 0 Å². The first-order valence-corrected chi connectivity index (χ1v) is 10.1. The molecule has 0 bridgehead atoms.